The molecule has 0 bridgehead atoms. The first-order chi connectivity index (χ1) is 15.0. The highest BCUT2D eigenvalue weighted by Crippen LogP contribution is 2.19. The summed E-state index contributed by atoms with van der Waals surface area (Å²) >= 11 is 0. The Balaban J connectivity index is 1.31. The predicted octanol–water partition coefficient (Wildman–Crippen LogP) is 1.93. The van der Waals surface area contributed by atoms with Gasteiger partial charge in [0.2, 0.25) is 17.7 Å². The lowest BCUT2D eigenvalue weighted by atomic mass is 9.98. The average Bonchev–Trinajstić information content (AvgIpc) is 3.09. The number of carbonyl (C=O) groups is 3. The smallest absolute Gasteiger partial charge is 0.230 e. The molecule has 1 aromatic heterocycles. The monoisotopic (exact) mass is 424 g/mol. The number of hydrogen-bond donors (Lipinski definition) is 1. The summed E-state index contributed by atoms with van der Waals surface area (Å²) in [7, 11) is 1.78. The van der Waals surface area contributed by atoms with Crippen LogP contribution in [0.1, 0.15) is 37.1 Å². The van der Waals surface area contributed by atoms with Crippen molar-refractivity contribution >= 4 is 17.7 Å². The number of aryl methyl sites for hydroxylation is 1. The molecule has 1 atom stereocenters. The molecule has 164 valence electrons. The molecular weight excluding hydrogens is 396 g/mol. The Bertz CT molecular complexity index is 886. The molecule has 1 N–H and O–H groups in total. The molecule has 1 aliphatic rings. The van der Waals surface area contributed by atoms with Gasteiger partial charge in [0.1, 0.15) is 18.2 Å². The predicted molar refractivity (Wildman–Crippen MR) is 114 cm³/mol. The van der Waals surface area contributed by atoms with Crippen LogP contribution in [-0.4, -0.2) is 52.8 Å². The van der Waals surface area contributed by atoms with E-state index in [1.54, 1.807) is 30.4 Å². The van der Waals surface area contributed by atoms with Crippen molar-refractivity contribution in [2.45, 2.75) is 38.5 Å². The van der Waals surface area contributed by atoms with E-state index in [0.29, 0.717) is 31.7 Å². The fraction of sp³-hybridized carbons (Fsp3) is 0.435. The van der Waals surface area contributed by atoms with E-state index in [-0.39, 0.29) is 30.1 Å². The number of rotatable bonds is 11. The van der Waals surface area contributed by atoms with Crippen LogP contribution in [0.15, 0.2) is 42.7 Å². The fourth-order valence-electron chi connectivity index (χ4n) is 3.41. The van der Waals surface area contributed by atoms with Gasteiger partial charge in [-0.05, 0) is 43.0 Å². The maximum Gasteiger partial charge on any atom is 0.230 e. The van der Waals surface area contributed by atoms with Gasteiger partial charge in [0.05, 0.1) is 12.5 Å². The van der Waals surface area contributed by atoms with Gasteiger partial charge in [-0.1, -0.05) is 12.1 Å². The summed E-state index contributed by atoms with van der Waals surface area (Å²) in [5.74, 6) is 0.906. The van der Waals surface area contributed by atoms with Gasteiger partial charge in [0, 0.05) is 38.7 Å². The first-order valence-corrected chi connectivity index (χ1v) is 10.6. The van der Waals surface area contributed by atoms with Crippen molar-refractivity contribution in [1.82, 2.24) is 20.2 Å². The first-order valence-electron chi connectivity index (χ1n) is 10.6. The summed E-state index contributed by atoms with van der Waals surface area (Å²) in [4.78, 5) is 45.2. The van der Waals surface area contributed by atoms with Crippen LogP contribution in [0.2, 0.25) is 0 Å². The van der Waals surface area contributed by atoms with Crippen molar-refractivity contribution in [2.75, 3.05) is 20.2 Å². The molecule has 0 radical (unpaired) electrons. The van der Waals surface area contributed by atoms with Crippen molar-refractivity contribution in [2.24, 2.45) is 5.92 Å². The van der Waals surface area contributed by atoms with Crippen LogP contribution in [0.3, 0.4) is 0 Å². The van der Waals surface area contributed by atoms with Gasteiger partial charge >= 0.3 is 0 Å². The average molecular weight is 425 g/mol. The zero-order valence-corrected chi connectivity index (χ0v) is 17.8. The minimum Gasteiger partial charge on any atom is -0.492 e. The van der Waals surface area contributed by atoms with E-state index in [1.807, 2.05) is 24.3 Å². The lowest BCUT2D eigenvalue weighted by Crippen LogP contribution is -2.30. The van der Waals surface area contributed by atoms with Gasteiger partial charge < -0.3 is 9.64 Å². The van der Waals surface area contributed by atoms with Crippen LogP contribution in [-0.2, 0) is 27.2 Å². The number of amides is 3. The SMILES string of the molecule is CN(CCOc1ccc(CC2CC(=O)NC2=O)cc1)C(=O)CCCCc1ncccn1. The number of likely N-dealkylation sites (N-methyl/N-ethyl adjacent to an activating group) is 1. The maximum atomic E-state index is 12.2. The largest absolute Gasteiger partial charge is 0.492 e. The van der Waals surface area contributed by atoms with E-state index >= 15 is 0 Å². The molecule has 0 spiro atoms. The summed E-state index contributed by atoms with van der Waals surface area (Å²) in [6.45, 7) is 0.908. The highest BCUT2D eigenvalue weighted by molar-refractivity contribution is 6.03. The van der Waals surface area contributed by atoms with Gasteiger partial charge in [-0.25, -0.2) is 9.97 Å². The molecule has 1 fully saturated rings. The lowest BCUT2D eigenvalue weighted by molar-refractivity contribution is -0.130. The maximum absolute atomic E-state index is 12.2. The Morgan fingerprint density at radius 1 is 1.16 bits per heavy atom. The number of nitrogens with zero attached hydrogens (tertiary/aromatic N) is 3. The van der Waals surface area contributed by atoms with E-state index in [2.05, 4.69) is 15.3 Å². The van der Waals surface area contributed by atoms with E-state index in [4.69, 9.17) is 4.74 Å². The van der Waals surface area contributed by atoms with Crippen LogP contribution in [0.4, 0.5) is 0 Å². The molecule has 0 aliphatic carbocycles. The number of imide groups is 1. The van der Waals surface area contributed by atoms with Crippen molar-refractivity contribution in [1.29, 1.82) is 0 Å². The van der Waals surface area contributed by atoms with E-state index in [1.165, 1.54) is 0 Å². The zero-order valence-electron chi connectivity index (χ0n) is 17.8. The second-order valence-electron chi connectivity index (χ2n) is 7.70. The minimum absolute atomic E-state index is 0.0947. The highest BCUT2D eigenvalue weighted by Gasteiger charge is 2.30. The third kappa shape index (κ3) is 7.16. The molecule has 1 aliphatic heterocycles. The van der Waals surface area contributed by atoms with Gasteiger partial charge in [-0.3, -0.25) is 19.7 Å². The quantitative estimate of drug-likeness (QED) is 0.437. The third-order valence-corrected chi connectivity index (χ3v) is 5.25. The number of nitrogens with one attached hydrogen (secondary N) is 1. The van der Waals surface area contributed by atoms with Crippen LogP contribution in [0.25, 0.3) is 0 Å². The van der Waals surface area contributed by atoms with E-state index in [9.17, 15) is 14.4 Å². The van der Waals surface area contributed by atoms with Crippen molar-refractivity contribution < 1.29 is 19.1 Å². The molecule has 3 rings (SSSR count). The Kier molecular flexibility index (Phi) is 8.09. The van der Waals surface area contributed by atoms with Gasteiger partial charge in [0.15, 0.2) is 0 Å². The molecule has 1 unspecified atom stereocenters. The Morgan fingerprint density at radius 2 is 1.90 bits per heavy atom. The molecule has 2 aromatic rings. The number of aromatic nitrogens is 2. The second kappa shape index (κ2) is 11.2. The molecule has 2 heterocycles. The molecule has 8 heteroatoms. The molecule has 3 amide bonds. The van der Waals surface area contributed by atoms with Crippen LogP contribution in [0, 0.1) is 5.92 Å². The third-order valence-electron chi connectivity index (χ3n) is 5.25. The van der Waals surface area contributed by atoms with E-state index < -0.39 is 0 Å². The summed E-state index contributed by atoms with van der Waals surface area (Å²) in [6.07, 6.45) is 7.18. The highest BCUT2D eigenvalue weighted by atomic mass is 16.5. The van der Waals surface area contributed by atoms with Crippen LogP contribution in [0.5, 0.6) is 5.75 Å². The summed E-state index contributed by atoms with van der Waals surface area (Å²) in [6, 6.07) is 9.28. The molecular formula is C23H28N4O4. The van der Waals surface area contributed by atoms with Gasteiger partial charge in [0.25, 0.3) is 0 Å². The van der Waals surface area contributed by atoms with Crippen LogP contribution < -0.4 is 10.1 Å². The Labute approximate surface area is 182 Å². The lowest BCUT2D eigenvalue weighted by Gasteiger charge is -2.17. The molecule has 0 saturated carbocycles. The zero-order chi connectivity index (χ0) is 22.1. The number of benzene rings is 1. The Hall–Kier alpha value is -3.29. The standard InChI is InChI=1S/C23H28N4O4/c1-27(22(29)6-3-2-5-20-24-11-4-12-25-20)13-14-31-19-9-7-17(8-10-19)15-18-16-21(28)26-23(18)30/h4,7-12,18H,2-3,5-6,13-16H2,1H3,(H,26,28,30). The molecule has 1 saturated heterocycles. The Morgan fingerprint density at radius 3 is 2.58 bits per heavy atom. The second-order valence-corrected chi connectivity index (χ2v) is 7.70. The van der Waals surface area contributed by atoms with Gasteiger partial charge in [-0.2, -0.15) is 0 Å². The minimum atomic E-state index is -0.292. The molecule has 8 nitrogen and oxygen atoms in total. The summed E-state index contributed by atoms with van der Waals surface area (Å²) in [5.41, 5.74) is 0.982. The molecule has 1 aromatic carbocycles. The van der Waals surface area contributed by atoms with Crippen molar-refractivity contribution in [3.63, 3.8) is 0 Å². The molecule has 31 heavy (non-hydrogen) atoms. The number of carbonyl (C=O) groups excluding carboxylic acids is 3. The normalized spacial score (nSPS) is 15.6. The number of ether oxygens (including phenoxy) is 1. The van der Waals surface area contributed by atoms with Gasteiger partial charge in [-0.15, -0.1) is 0 Å². The fourth-order valence-corrected chi connectivity index (χ4v) is 3.41. The van der Waals surface area contributed by atoms with Crippen molar-refractivity contribution in [3.8, 4) is 5.75 Å². The summed E-state index contributed by atoms with van der Waals surface area (Å²) in [5, 5.41) is 2.33. The van der Waals surface area contributed by atoms with Crippen LogP contribution >= 0.6 is 0 Å². The number of unbranched alkanes of at least 4 members (excludes halogenated alkanes) is 1. The summed E-state index contributed by atoms with van der Waals surface area (Å²) < 4.78 is 5.73. The topological polar surface area (TPSA) is 101 Å². The number of hydrogen-bond acceptors (Lipinski definition) is 6. The first kappa shape index (κ1) is 22.4. The van der Waals surface area contributed by atoms with E-state index in [0.717, 1.165) is 30.7 Å². The van der Waals surface area contributed by atoms with Crippen molar-refractivity contribution in [3.05, 3.63) is 54.1 Å².